The summed E-state index contributed by atoms with van der Waals surface area (Å²) in [5, 5.41) is 11.4. The molecule has 2 unspecified atom stereocenters. The number of H-pyrrole nitrogens is 1. The maximum atomic E-state index is 13.0. The molecule has 1 amide bonds. The fourth-order valence-corrected chi connectivity index (χ4v) is 4.78. The first-order valence-corrected chi connectivity index (χ1v) is 9.72. The Labute approximate surface area is 157 Å². The highest BCUT2D eigenvalue weighted by Gasteiger charge is 2.36. The molecular weight excluding hydrogens is 340 g/mol. The topological polar surface area (TPSA) is 74.2 Å². The molecule has 27 heavy (non-hydrogen) atoms. The second kappa shape index (κ2) is 6.53. The molecule has 0 aliphatic carbocycles. The van der Waals surface area contributed by atoms with Crippen LogP contribution in [0.2, 0.25) is 0 Å². The Morgan fingerprint density at radius 2 is 2.04 bits per heavy atom. The molecule has 140 valence electrons. The molecule has 2 atom stereocenters. The van der Waals surface area contributed by atoms with Gasteiger partial charge in [-0.05, 0) is 56.5 Å². The van der Waals surface area contributed by atoms with Crippen LogP contribution in [-0.2, 0) is 0 Å². The SMILES string of the molecule is CN1C2CCCC1CC(NC(=O)c1n[nH]c3ccc(-c4ccoc4)cc13)C2. The average Bonchev–Trinajstić information content (AvgIpc) is 3.31. The normalized spacial score (nSPS) is 25.6. The third-order valence-corrected chi connectivity index (χ3v) is 6.31. The van der Waals surface area contributed by atoms with Crippen molar-refractivity contribution in [3.8, 4) is 11.1 Å². The Balaban J connectivity index is 1.38. The van der Waals surface area contributed by atoms with E-state index in [1.807, 2.05) is 24.3 Å². The molecule has 2 N–H and O–H groups in total. The Hall–Kier alpha value is -2.60. The van der Waals surface area contributed by atoms with Gasteiger partial charge in [0.15, 0.2) is 5.69 Å². The third kappa shape index (κ3) is 2.94. The van der Waals surface area contributed by atoms with E-state index in [2.05, 4.69) is 27.5 Å². The largest absolute Gasteiger partial charge is 0.472 e. The van der Waals surface area contributed by atoms with E-state index in [1.54, 1.807) is 12.5 Å². The van der Waals surface area contributed by atoms with E-state index in [1.165, 1.54) is 19.3 Å². The summed E-state index contributed by atoms with van der Waals surface area (Å²) in [6, 6.07) is 9.29. The molecule has 6 nitrogen and oxygen atoms in total. The lowest BCUT2D eigenvalue weighted by molar-refractivity contribution is 0.0462. The molecule has 2 aromatic heterocycles. The molecular formula is C21H24N4O2. The van der Waals surface area contributed by atoms with Gasteiger partial charge < -0.3 is 14.6 Å². The molecule has 2 bridgehead atoms. The monoisotopic (exact) mass is 364 g/mol. The van der Waals surface area contributed by atoms with Crippen LogP contribution in [0, 0.1) is 0 Å². The van der Waals surface area contributed by atoms with E-state index in [-0.39, 0.29) is 11.9 Å². The van der Waals surface area contributed by atoms with Gasteiger partial charge in [-0.2, -0.15) is 5.10 Å². The van der Waals surface area contributed by atoms with E-state index < -0.39 is 0 Å². The smallest absolute Gasteiger partial charge is 0.272 e. The molecule has 4 heterocycles. The first-order chi connectivity index (χ1) is 13.2. The van der Waals surface area contributed by atoms with Crippen LogP contribution >= 0.6 is 0 Å². The minimum absolute atomic E-state index is 0.0850. The summed E-state index contributed by atoms with van der Waals surface area (Å²) in [5.74, 6) is -0.0850. The highest BCUT2D eigenvalue weighted by molar-refractivity contribution is 6.05. The first-order valence-electron chi connectivity index (χ1n) is 9.72. The molecule has 2 aliphatic rings. The van der Waals surface area contributed by atoms with Gasteiger partial charge in [-0.1, -0.05) is 12.5 Å². The fourth-order valence-electron chi connectivity index (χ4n) is 4.78. The second-order valence-electron chi connectivity index (χ2n) is 7.89. The van der Waals surface area contributed by atoms with E-state index in [4.69, 9.17) is 4.42 Å². The van der Waals surface area contributed by atoms with Crippen molar-refractivity contribution in [3.05, 3.63) is 42.5 Å². The number of nitrogens with zero attached hydrogens (tertiary/aromatic N) is 2. The summed E-state index contributed by atoms with van der Waals surface area (Å²) in [4.78, 5) is 15.5. The van der Waals surface area contributed by atoms with Crippen molar-refractivity contribution in [2.45, 2.75) is 50.2 Å². The molecule has 0 saturated carbocycles. The first kappa shape index (κ1) is 16.6. The van der Waals surface area contributed by atoms with Gasteiger partial charge in [0.1, 0.15) is 0 Å². The van der Waals surface area contributed by atoms with Crippen LogP contribution in [-0.4, -0.2) is 46.2 Å². The highest BCUT2D eigenvalue weighted by atomic mass is 16.3. The van der Waals surface area contributed by atoms with E-state index >= 15 is 0 Å². The number of rotatable bonds is 3. The predicted octanol–water partition coefficient (Wildman–Crippen LogP) is 3.57. The predicted molar refractivity (Wildman–Crippen MR) is 103 cm³/mol. The zero-order chi connectivity index (χ0) is 18.4. The van der Waals surface area contributed by atoms with Crippen molar-refractivity contribution in [2.75, 3.05) is 7.05 Å². The van der Waals surface area contributed by atoms with Gasteiger partial charge in [0, 0.05) is 29.1 Å². The van der Waals surface area contributed by atoms with Crippen molar-refractivity contribution in [1.82, 2.24) is 20.4 Å². The Bertz CT molecular complexity index is 948. The number of piperidine rings is 2. The number of furan rings is 1. The molecule has 5 rings (SSSR count). The van der Waals surface area contributed by atoms with Gasteiger partial charge in [-0.25, -0.2) is 0 Å². The van der Waals surface area contributed by atoms with Crippen molar-refractivity contribution < 1.29 is 9.21 Å². The van der Waals surface area contributed by atoms with E-state index in [0.717, 1.165) is 34.9 Å². The van der Waals surface area contributed by atoms with Crippen molar-refractivity contribution in [1.29, 1.82) is 0 Å². The summed E-state index contributed by atoms with van der Waals surface area (Å²) in [5.41, 5.74) is 3.35. The minimum Gasteiger partial charge on any atom is -0.472 e. The quantitative estimate of drug-likeness (QED) is 0.745. The number of fused-ring (bicyclic) bond motifs is 3. The third-order valence-electron chi connectivity index (χ3n) is 6.31. The number of hydrogen-bond acceptors (Lipinski definition) is 4. The fraction of sp³-hybridized carbons (Fsp3) is 0.429. The molecule has 0 spiro atoms. The lowest BCUT2D eigenvalue weighted by Crippen LogP contribution is -2.55. The van der Waals surface area contributed by atoms with Crippen LogP contribution < -0.4 is 5.32 Å². The number of carbonyl (C=O) groups excluding carboxylic acids is 1. The van der Waals surface area contributed by atoms with Gasteiger partial charge in [-0.15, -0.1) is 0 Å². The van der Waals surface area contributed by atoms with Crippen LogP contribution in [0.3, 0.4) is 0 Å². The number of aromatic nitrogens is 2. The number of carbonyl (C=O) groups is 1. The van der Waals surface area contributed by atoms with Crippen molar-refractivity contribution in [2.24, 2.45) is 0 Å². The Morgan fingerprint density at radius 3 is 2.78 bits per heavy atom. The van der Waals surface area contributed by atoms with Gasteiger partial charge >= 0.3 is 0 Å². The van der Waals surface area contributed by atoms with Crippen LogP contribution in [0.4, 0.5) is 0 Å². The standard InChI is InChI=1S/C21H24N4O2/c1-25-16-3-2-4-17(25)11-15(10-16)22-21(26)20-18-9-13(14-7-8-27-12-14)5-6-19(18)23-24-20/h5-9,12,15-17H,2-4,10-11H2,1H3,(H,22,26)(H,23,24). The molecule has 1 aromatic carbocycles. The van der Waals surface area contributed by atoms with Gasteiger partial charge in [0.25, 0.3) is 5.91 Å². The van der Waals surface area contributed by atoms with Crippen molar-refractivity contribution in [3.63, 3.8) is 0 Å². The summed E-state index contributed by atoms with van der Waals surface area (Å²) < 4.78 is 5.18. The van der Waals surface area contributed by atoms with Crippen LogP contribution in [0.25, 0.3) is 22.0 Å². The summed E-state index contributed by atoms with van der Waals surface area (Å²) >= 11 is 0. The van der Waals surface area contributed by atoms with Crippen LogP contribution in [0.5, 0.6) is 0 Å². The zero-order valence-corrected chi connectivity index (χ0v) is 15.4. The summed E-state index contributed by atoms with van der Waals surface area (Å²) in [6.07, 6.45) is 9.19. The van der Waals surface area contributed by atoms with E-state index in [0.29, 0.717) is 17.8 Å². The number of benzene rings is 1. The van der Waals surface area contributed by atoms with Gasteiger partial charge in [-0.3, -0.25) is 9.89 Å². The highest BCUT2D eigenvalue weighted by Crippen LogP contribution is 2.33. The van der Waals surface area contributed by atoms with E-state index in [9.17, 15) is 4.79 Å². The lowest BCUT2D eigenvalue weighted by Gasteiger charge is -2.47. The molecule has 2 fully saturated rings. The van der Waals surface area contributed by atoms with Crippen LogP contribution in [0.15, 0.2) is 41.2 Å². The molecule has 6 heteroatoms. The Kier molecular flexibility index (Phi) is 4.01. The molecule has 2 aliphatic heterocycles. The van der Waals surface area contributed by atoms with Crippen LogP contribution in [0.1, 0.15) is 42.6 Å². The summed E-state index contributed by atoms with van der Waals surface area (Å²) in [7, 11) is 2.23. The number of amides is 1. The minimum atomic E-state index is -0.0850. The molecule has 0 radical (unpaired) electrons. The maximum absolute atomic E-state index is 13.0. The average molecular weight is 364 g/mol. The second-order valence-corrected chi connectivity index (χ2v) is 7.89. The number of hydrogen-bond donors (Lipinski definition) is 2. The van der Waals surface area contributed by atoms with Gasteiger partial charge in [0.05, 0.1) is 18.0 Å². The zero-order valence-electron chi connectivity index (χ0n) is 15.4. The molecule has 3 aromatic rings. The van der Waals surface area contributed by atoms with Crippen molar-refractivity contribution >= 4 is 16.8 Å². The molecule has 2 saturated heterocycles. The summed E-state index contributed by atoms with van der Waals surface area (Å²) in [6.45, 7) is 0. The lowest BCUT2D eigenvalue weighted by atomic mass is 9.82. The van der Waals surface area contributed by atoms with Gasteiger partial charge in [0.2, 0.25) is 0 Å². The Morgan fingerprint density at radius 1 is 1.22 bits per heavy atom. The number of nitrogens with one attached hydrogen (secondary N) is 2. The number of aromatic amines is 1. The maximum Gasteiger partial charge on any atom is 0.272 e.